The summed E-state index contributed by atoms with van der Waals surface area (Å²) in [6, 6.07) is 16.7. The molecule has 0 unspecified atom stereocenters. The molecule has 0 saturated heterocycles. The fourth-order valence-corrected chi connectivity index (χ4v) is 17.1. The van der Waals surface area contributed by atoms with Gasteiger partial charge in [0.1, 0.15) is 0 Å². The Morgan fingerprint density at radius 1 is 0.710 bits per heavy atom. The molecule has 0 aromatic heterocycles. The number of unbranched alkanes of at least 4 members (excludes halogenated alkanes) is 3. The SMILES string of the molecule is CCC[CH2][Sn]([CH2]CCC)([CH2]CCC)[O]C(=O)Cc1ccc(C(=O)c2ccccc2)cc1. The molecule has 0 aliphatic heterocycles. The maximum absolute atomic E-state index is 12.9. The van der Waals surface area contributed by atoms with Gasteiger partial charge in [-0.1, -0.05) is 0 Å². The second kappa shape index (κ2) is 13.7. The Bertz CT molecular complexity index is 777. The second-order valence-electron chi connectivity index (χ2n) is 8.54. The van der Waals surface area contributed by atoms with Crippen LogP contribution in [0.2, 0.25) is 13.3 Å². The van der Waals surface area contributed by atoms with Gasteiger partial charge >= 0.3 is 194 Å². The molecule has 4 heteroatoms. The molecule has 0 radical (unpaired) electrons. The molecule has 0 heterocycles. The Morgan fingerprint density at radius 2 is 1.19 bits per heavy atom. The fraction of sp³-hybridized carbons (Fsp3) is 0.481. The average molecular weight is 529 g/mol. The summed E-state index contributed by atoms with van der Waals surface area (Å²) in [6.07, 6.45) is 7.29. The van der Waals surface area contributed by atoms with E-state index in [1.807, 2.05) is 54.6 Å². The van der Waals surface area contributed by atoms with Crippen molar-refractivity contribution in [3.05, 3.63) is 71.3 Å². The van der Waals surface area contributed by atoms with E-state index in [0.29, 0.717) is 17.5 Å². The molecule has 3 nitrogen and oxygen atoms in total. The molecule has 0 spiro atoms. The Hall–Kier alpha value is -1.62. The monoisotopic (exact) mass is 530 g/mol. The summed E-state index contributed by atoms with van der Waals surface area (Å²) in [5.41, 5.74) is 2.23. The summed E-state index contributed by atoms with van der Waals surface area (Å²) in [5, 5.41) is 0. The van der Waals surface area contributed by atoms with Crippen LogP contribution in [-0.2, 0) is 14.3 Å². The molecule has 0 amide bonds. The summed E-state index contributed by atoms with van der Waals surface area (Å²) in [4.78, 5) is 25.5. The first kappa shape index (κ1) is 25.6. The third-order valence-corrected chi connectivity index (χ3v) is 18.6. The van der Waals surface area contributed by atoms with Crippen LogP contribution in [0.4, 0.5) is 0 Å². The van der Waals surface area contributed by atoms with Crippen LogP contribution in [-0.4, -0.2) is 30.5 Å². The van der Waals surface area contributed by atoms with Crippen LogP contribution in [0.3, 0.4) is 0 Å². The summed E-state index contributed by atoms with van der Waals surface area (Å²) in [5.74, 6) is -0.0649. The van der Waals surface area contributed by atoms with Gasteiger partial charge in [0.15, 0.2) is 0 Å². The molecule has 2 aromatic rings. The Labute approximate surface area is 193 Å². The normalized spacial score (nSPS) is 11.3. The van der Waals surface area contributed by atoms with E-state index in [2.05, 4.69) is 20.8 Å². The molecule has 0 atom stereocenters. The molecular weight excluding hydrogens is 491 g/mol. The molecule has 2 aromatic carbocycles. The second-order valence-corrected chi connectivity index (χ2v) is 20.2. The Balaban J connectivity index is 2.06. The maximum atomic E-state index is 12.9. The number of carbonyl (C=O) groups excluding carboxylic acids is 2. The molecule has 0 bridgehead atoms. The third-order valence-electron chi connectivity index (χ3n) is 5.89. The van der Waals surface area contributed by atoms with Gasteiger partial charge in [-0.25, -0.2) is 0 Å². The van der Waals surface area contributed by atoms with E-state index in [1.165, 1.54) is 19.3 Å². The van der Waals surface area contributed by atoms with Crippen molar-refractivity contribution in [3.8, 4) is 0 Å². The van der Waals surface area contributed by atoms with Crippen LogP contribution >= 0.6 is 0 Å². The predicted molar refractivity (Wildman–Crippen MR) is 131 cm³/mol. The first-order valence-corrected chi connectivity index (χ1v) is 19.2. The molecule has 0 aliphatic carbocycles. The van der Waals surface area contributed by atoms with Gasteiger partial charge < -0.3 is 0 Å². The quantitative estimate of drug-likeness (QED) is 0.190. The number of rotatable bonds is 14. The van der Waals surface area contributed by atoms with Crippen molar-refractivity contribution in [3.63, 3.8) is 0 Å². The minimum absolute atomic E-state index is 0.00337. The third kappa shape index (κ3) is 8.44. The van der Waals surface area contributed by atoms with Crippen molar-refractivity contribution in [2.75, 3.05) is 0 Å². The number of hydrogen-bond acceptors (Lipinski definition) is 3. The van der Waals surface area contributed by atoms with Gasteiger partial charge in [0, 0.05) is 0 Å². The van der Waals surface area contributed by atoms with Crippen molar-refractivity contribution in [1.82, 2.24) is 0 Å². The van der Waals surface area contributed by atoms with Gasteiger partial charge in [-0.3, -0.25) is 0 Å². The predicted octanol–water partition coefficient (Wildman–Crippen LogP) is 7.35. The zero-order valence-corrected chi connectivity index (χ0v) is 22.3. The van der Waals surface area contributed by atoms with Crippen LogP contribution < -0.4 is 0 Å². The van der Waals surface area contributed by atoms with Gasteiger partial charge in [-0.2, -0.15) is 0 Å². The molecular formula is C27H38O3Sn. The average Bonchev–Trinajstić information content (AvgIpc) is 2.80. The van der Waals surface area contributed by atoms with E-state index in [4.69, 9.17) is 3.07 Å². The zero-order chi connectivity index (χ0) is 22.5. The number of hydrogen-bond donors (Lipinski definition) is 0. The van der Waals surface area contributed by atoms with Crippen molar-refractivity contribution in [2.24, 2.45) is 0 Å². The van der Waals surface area contributed by atoms with Crippen molar-refractivity contribution in [1.29, 1.82) is 0 Å². The number of ketones is 1. The van der Waals surface area contributed by atoms with Gasteiger partial charge in [0.2, 0.25) is 0 Å². The van der Waals surface area contributed by atoms with Gasteiger partial charge in [0.25, 0.3) is 0 Å². The van der Waals surface area contributed by atoms with Crippen LogP contribution in [0.15, 0.2) is 54.6 Å². The first-order valence-electron chi connectivity index (χ1n) is 11.9. The number of benzene rings is 2. The molecule has 168 valence electrons. The summed E-state index contributed by atoms with van der Waals surface area (Å²) < 4.78 is 9.86. The Kier molecular flexibility index (Phi) is 11.3. The van der Waals surface area contributed by atoms with Crippen LogP contribution in [0.1, 0.15) is 80.8 Å². The molecule has 2 rings (SSSR count). The zero-order valence-electron chi connectivity index (χ0n) is 19.5. The fourth-order valence-electron chi connectivity index (χ4n) is 4.00. The van der Waals surface area contributed by atoms with E-state index in [1.54, 1.807) is 0 Å². The van der Waals surface area contributed by atoms with Crippen LogP contribution in [0, 0.1) is 0 Å². The van der Waals surface area contributed by atoms with Gasteiger partial charge in [-0.05, 0) is 0 Å². The van der Waals surface area contributed by atoms with Gasteiger partial charge in [0.05, 0.1) is 0 Å². The van der Waals surface area contributed by atoms with Crippen LogP contribution in [0.5, 0.6) is 0 Å². The van der Waals surface area contributed by atoms with Gasteiger partial charge in [-0.15, -0.1) is 0 Å². The summed E-state index contributed by atoms with van der Waals surface area (Å²) in [7, 11) is 0. The van der Waals surface area contributed by atoms with Crippen LogP contribution in [0.25, 0.3) is 0 Å². The van der Waals surface area contributed by atoms with Crippen molar-refractivity contribution in [2.45, 2.75) is 79.0 Å². The van der Waals surface area contributed by atoms with E-state index in [-0.39, 0.29) is 11.8 Å². The Morgan fingerprint density at radius 3 is 1.68 bits per heavy atom. The topological polar surface area (TPSA) is 43.4 Å². The molecule has 0 saturated carbocycles. The first-order chi connectivity index (χ1) is 15.0. The minimum atomic E-state index is -2.93. The standard InChI is InChI=1S/C15H12O3.3C4H9.Sn/c16-14(17)10-11-6-8-13(9-7-11)15(18)12-4-2-1-3-5-12;3*1-3-4-2;/h1-9H,10H2,(H,16,17);3*1,3-4H2,2H3;/q;;;;+1/p-1. The van der Waals surface area contributed by atoms with Crippen molar-refractivity contribution >= 4 is 30.5 Å². The van der Waals surface area contributed by atoms with E-state index < -0.39 is 18.8 Å². The van der Waals surface area contributed by atoms with E-state index >= 15 is 0 Å². The van der Waals surface area contributed by atoms with E-state index in [9.17, 15) is 9.59 Å². The summed E-state index contributed by atoms with van der Waals surface area (Å²) in [6.45, 7) is 6.66. The summed E-state index contributed by atoms with van der Waals surface area (Å²) >= 11 is -2.93. The molecule has 31 heavy (non-hydrogen) atoms. The van der Waals surface area contributed by atoms with E-state index in [0.717, 1.165) is 38.1 Å². The molecule has 0 fully saturated rings. The van der Waals surface area contributed by atoms with Crippen molar-refractivity contribution < 1.29 is 12.7 Å². The molecule has 0 N–H and O–H groups in total. The molecule has 0 aliphatic rings. The number of carbonyl (C=O) groups is 2.